The zero-order valence-corrected chi connectivity index (χ0v) is 13.9. The molecule has 0 aliphatic heterocycles. The van der Waals surface area contributed by atoms with Crippen molar-refractivity contribution >= 4 is 11.7 Å². The zero-order valence-electron chi connectivity index (χ0n) is 13.9. The Morgan fingerprint density at radius 1 is 1.17 bits per heavy atom. The van der Waals surface area contributed by atoms with E-state index in [9.17, 15) is 4.79 Å². The SMILES string of the molecule is CC(Nc1ccc(C(=O)NCCN(C)C)cn1)c1ccccc1. The van der Waals surface area contributed by atoms with Crippen LogP contribution < -0.4 is 10.6 Å². The van der Waals surface area contributed by atoms with E-state index in [0.29, 0.717) is 12.1 Å². The average Bonchev–Trinajstić information content (AvgIpc) is 2.56. The van der Waals surface area contributed by atoms with E-state index in [2.05, 4.69) is 34.7 Å². The molecule has 1 atom stereocenters. The number of nitrogens with one attached hydrogen (secondary N) is 2. The minimum absolute atomic E-state index is 0.0954. The molecule has 0 aliphatic rings. The van der Waals surface area contributed by atoms with Gasteiger partial charge in [0.15, 0.2) is 0 Å². The van der Waals surface area contributed by atoms with Gasteiger partial charge in [0.25, 0.3) is 5.91 Å². The number of benzene rings is 1. The normalized spacial score (nSPS) is 12.0. The third-order valence-corrected chi connectivity index (χ3v) is 3.53. The number of anilines is 1. The van der Waals surface area contributed by atoms with Gasteiger partial charge in [0.05, 0.1) is 5.56 Å². The van der Waals surface area contributed by atoms with Gasteiger partial charge in [0, 0.05) is 25.3 Å². The van der Waals surface area contributed by atoms with Gasteiger partial charge in [0.1, 0.15) is 5.82 Å². The molecule has 0 aliphatic carbocycles. The lowest BCUT2D eigenvalue weighted by Gasteiger charge is -2.15. The Morgan fingerprint density at radius 2 is 1.91 bits per heavy atom. The maximum atomic E-state index is 12.0. The molecule has 1 amide bonds. The smallest absolute Gasteiger partial charge is 0.252 e. The van der Waals surface area contributed by atoms with E-state index in [0.717, 1.165) is 12.4 Å². The molecule has 0 spiro atoms. The molecular formula is C18H24N4O. The molecule has 1 heterocycles. The summed E-state index contributed by atoms with van der Waals surface area (Å²) in [5, 5.41) is 6.21. The fraction of sp³-hybridized carbons (Fsp3) is 0.333. The minimum atomic E-state index is -0.0954. The fourth-order valence-corrected chi connectivity index (χ4v) is 2.16. The van der Waals surface area contributed by atoms with Crippen LogP contribution in [-0.4, -0.2) is 43.0 Å². The van der Waals surface area contributed by atoms with E-state index in [1.807, 2.05) is 43.3 Å². The second-order valence-electron chi connectivity index (χ2n) is 5.77. The lowest BCUT2D eigenvalue weighted by molar-refractivity contribution is 0.0950. The van der Waals surface area contributed by atoms with Crippen molar-refractivity contribution in [2.75, 3.05) is 32.5 Å². The van der Waals surface area contributed by atoms with E-state index in [1.54, 1.807) is 12.3 Å². The summed E-state index contributed by atoms with van der Waals surface area (Å²) in [6.45, 7) is 3.52. The quantitative estimate of drug-likeness (QED) is 0.825. The predicted octanol–water partition coefficient (Wildman–Crippen LogP) is 2.55. The molecule has 2 aromatic rings. The fourth-order valence-electron chi connectivity index (χ4n) is 2.16. The second kappa shape index (κ2) is 8.29. The van der Waals surface area contributed by atoms with E-state index < -0.39 is 0 Å². The monoisotopic (exact) mass is 312 g/mol. The van der Waals surface area contributed by atoms with Gasteiger partial charge in [-0.1, -0.05) is 30.3 Å². The summed E-state index contributed by atoms with van der Waals surface area (Å²) >= 11 is 0. The van der Waals surface area contributed by atoms with Gasteiger partial charge in [-0.05, 0) is 38.7 Å². The molecule has 1 aromatic heterocycles. The van der Waals surface area contributed by atoms with E-state index in [1.165, 1.54) is 5.56 Å². The van der Waals surface area contributed by atoms with Gasteiger partial charge in [-0.3, -0.25) is 4.79 Å². The molecule has 0 radical (unpaired) electrons. The van der Waals surface area contributed by atoms with Crippen molar-refractivity contribution < 1.29 is 4.79 Å². The Balaban J connectivity index is 1.90. The average molecular weight is 312 g/mol. The first-order valence-electron chi connectivity index (χ1n) is 7.76. The molecule has 1 aromatic carbocycles. The van der Waals surface area contributed by atoms with Crippen LogP contribution in [0.15, 0.2) is 48.7 Å². The summed E-state index contributed by atoms with van der Waals surface area (Å²) < 4.78 is 0. The zero-order chi connectivity index (χ0) is 16.7. The van der Waals surface area contributed by atoms with Crippen LogP contribution in [0, 0.1) is 0 Å². The minimum Gasteiger partial charge on any atom is -0.364 e. The molecule has 0 fully saturated rings. The molecule has 0 bridgehead atoms. The van der Waals surface area contributed by atoms with Crippen molar-refractivity contribution in [3.63, 3.8) is 0 Å². The summed E-state index contributed by atoms with van der Waals surface area (Å²) in [6, 6.07) is 14.0. The topological polar surface area (TPSA) is 57.3 Å². The molecule has 23 heavy (non-hydrogen) atoms. The lowest BCUT2D eigenvalue weighted by atomic mass is 10.1. The molecule has 2 N–H and O–H groups in total. The molecule has 0 saturated carbocycles. The Labute approximate surface area is 137 Å². The van der Waals surface area contributed by atoms with Crippen molar-refractivity contribution in [3.8, 4) is 0 Å². The number of pyridine rings is 1. The lowest BCUT2D eigenvalue weighted by Crippen LogP contribution is -2.31. The number of nitrogens with zero attached hydrogens (tertiary/aromatic N) is 2. The number of amides is 1. The third-order valence-electron chi connectivity index (χ3n) is 3.53. The molecule has 2 rings (SSSR count). The van der Waals surface area contributed by atoms with Crippen molar-refractivity contribution in [3.05, 3.63) is 59.8 Å². The Kier molecular flexibility index (Phi) is 6.11. The van der Waals surface area contributed by atoms with E-state index >= 15 is 0 Å². The number of carbonyl (C=O) groups is 1. The molecule has 0 saturated heterocycles. The number of likely N-dealkylation sites (N-methyl/N-ethyl adjacent to an activating group) is 1. The van der Waals surface area contributed by atoms with E-state index in [4.69, 9.17) is 0 Å². The van der Waals surface area contributed by atoms with Crippen molar-refractivity contribution in [2.45, 2.75) is 13.0 Å². The van der Waals surface area contributed by atoms with Crippen LogP contribution in [0.2, 0.25) is 0 Å². The summed E-state index contributed by atoms with van der Waals surface area (Å²) in [5.41, 5.74) is 1.77. The molecular weight excluding hydrogens is 288 g/mol. The number of hydrogen-bond donors (Lipinski definition) is 2. The first kappa shape index (κ1) is 17.0. The first-order valence-corrected chi connectivity index (χ1v) is 7.76. The van der Waals surface area contributed by atoms with Crippen molar-refractivity contribution in [2.24, 2.45) is 0 Å². The van der Waals surface area contributed by atoms with Crippen LogP contribution in [0.4, 0.5) is 5.82 Å². The van der Waals surface area contributed by atoms with Gasteiger partial charge in [-0.25, -0.2) is 4.98 Å². The maximum absolute atomic E-state index is 12.0. The van der Waals surface area contributed by atoms with Crippen LogP contribution in [0.1, 0.15) is 28.9 Å². The number of hydrogen-bond acceptors (Lipinski definition) is 4. The highest BCUT2D eigenvalue weighted by atomic mass is 16.1. The molecule has 5 heteroatoms. The highest BCUT2D eigenvalue weighted by molar-refractivity contribution is 5.94. The van der Waals surface area contributed by atoms with Crippen LogP contribution in [-0.2, 0) is 0 Å². The number of carbonyl (C=O) groups excluding carboxylic acids is 1. The molecule has 122 valence electrons. The van der Waals surface area contributed by atoms with Gasteiger partial charge < -0.3 is 15.5 Å². The van der Waals surface area contributed by atoms with Crippen molar-refractivity contribution in [1.29, 1.82) is 0 Å². The summed E-state index contributed by atoms with van der Waals surface area (Å²) in [4.78, 5) is 18.3. The number of aromatic nitrogens is 1. The summed E-state index contributed by atoms with van der Waals surface area (Å²) in [5.74, 6) is 0.660. The number of rotatable bonds is 7. The van der Waals surface area contributed by atoms with Gasteiger partial charge >= 0.3 is 0 Å². The maximum Gasteiger partial charge on any atom is 0.252 e. The molecule has 1 unspecified atom stereocenters. The Bertz CT molecular complexity index is 611. The predicted molar refractivity (Wildman–Crippen MR) is 93.6 cm³/mol. The van der Waals surface area contributed by atoms with E-state index in [-0.39, 0.29) is 11.9 Å². The second-order valence-corrected chi connectivity index (χ2v) is 5.77. The highest BCUT2D eigenvalue weighted by Gasteiger charge is 2.08. The van der Waals surface area contributed by atoms with Crippen molar-refractivity contribution in [1.82, 2.24) is 15.2 Å². The third kappa shape index (κ3) is 5.38. The van der Waals surface area contributed by atoms with Gasteiger partial charge in [-0.15, -0.1) is 0 Å². The van der Waals surface area contributed by atoms with Crippen LogP contribution >= 0.6 is 0 Å². The standard InChI is InChI=1S/C18H24N4O/c1-14(15-7-5-4-6-8-15)21-17-10-9-16(13-20-17)18(23)19-11-12-22(2)3/h4-10,13-14H,11-12H2,1-3H3,(H,19,23)(H,20,21). The van der Waals surface area contributed by atoms with Crippen LogP contribution in [0.5, 0.6) is 0 Å². The van der Waals surface area contributed by atoms with Gasteiger partial charge in [0.2, 0.25) is 0 Å². The first-order chi connectivity index (χ1) is 11.1. The summed E-state index contributed by atoms with van der Waals surface area (Å²) in [7, 11) is 3.95. The largest absolute Gasteiger partial charge is 0.364 e. The Hall–Kier alpha value is -2.40. The van der Waals surface area contributed by atoms with Crippen LogP contribution in [0.3, 0.4) is 0 Å². The van der Waals surface area contributed by atoms with Crippen LogP contribution in [0.25, 0.3) is 0 Å². The highest BCUT2D eigenvalue weighted by Crippen LogP contribution is 2.17. The molecule has 5 nitrogen and oxygen atoms in total. The Morgan fingerprint density at radius 3 is 2.52 bits per heavy atom. The van der Waals surface area contributed by atoms with Gasteiger partial charge in [-0.2, -0.15) is 0 Å². The summed E-state index contributed by atoms with van der Waals surface area (Å²) in [6.07, 6.45) is 1.60.